The summed E-state index contributed by atoms with van der Waals surface area (Å²) in [6.07, 6.45) is -1.37. The van der Waals surface area contributed by atoms with Gasteiger partial charge in [-0.2, -0.15) is 0 Å². The maximum atomic E-state index is 12.4. The van der Waals surface area contributed by atoms with Crippen molar-refractivity contribution in [2.75, 3.05) is 26.4 Å². The average molecular weight is 556 g/mol. The van der Waals surface area contributed by atoms with Gasteiger partial charge in [-0.15, -0.1) is 0 Å². The molecule has 12 nitrogen and oxygen atoms in total. The third-order valence-electron chi connectivity index (χ3n) is 6.12. The number of carboxylic acids is 1. The van der Waals surface area contributed by atoms with E-state index in [1.165, 1.54) is 18.2 Å². The lowest BCUT2D eigenvalue weighted by Crippen LogP contribution is -2.40. The van der Waals surface area contributed by atoms with Crippen LogP contribution in [0, 0.1) is 17.8 Å². The molecule has 0 radical (unpaired) electrons. The van der Waals surface area contributed by atoms with Crippen molar-refractivity contribution < 1.29 is 52.7 Å². The number of nitrogens with two attached hydrogens (primary N) is 1. The summed E-state index contributed by atoms with van der Waals surface area (Å²) in [6, 6.07) is 2.72. The van der Waals surface area contributed by atoms with Gasteiger partial charge in [-0.1, -0.05) is 53.5 Å². The zero-order chi connectivity index (χ0) is 29.5. The summed E-state index contributed by atoms with van der Waals surface area (Å²) in [6.45, 7) is 11.1. The molecule has 0 heterocycles. The van der Waals surface area contributed by atoms with Gasteiger partial charge >= 0.3 is 24.4 Å². The lowest BCUT2D eigenvalue weighted by molar-refractivity contribution is -0.139. The van der Waals surface area contributed by atoms with Crippen LogP contribution in [-0.2, 0) is 23.7 Å². The fraction of sp³-hybridized carbons (Fsp3) is 0.630. The number of aliphatic carboxylic acids is 1. The Balaban J connectivity index is 3.31. The first-order chi connectivity index (χ1) is 18.4. The van der Waals surface area contributed by atoms with Crippen molar-refractivity contribution in [2.45, 2.75) is 66.3 Å². The second-order valence-electron chi connectivity index (χ2n) is 9.42. The Labute approximate surface area is 229 Å². The molecule has 1 aromatic rings. The van der Waals surface area contributed by atoms with E-state index in [1.54, 1.807) is 13.8 Å². The number of carboxylic acid groups (broad SMARTS) is 1. The number of rotatable bonds is 15. The lowest BCUT2D eigenvalue weighted by atomic mass is 9.82. The predicted octanol–water partition coefficient (Wildman–Crippen LogP) is 5.11. The summed E-state index contributed by atoms with van der Waals surface area (Å²) < 4.78 is 30.7. The van der Waals surface area contributed by atoms with Crippen LogP contribution in [-0.4, -0.2) is 62.0 Å². The maximum absolute atomic E-state index is 12.4. The third-order valence-corrected chi connectivity index (χ3v) is 6.12. The average Bonchev–Trinajstić information content (AvgIpc) is 2.90. The van der Waals surface area contributed by atoms with Crippen LogP contribution in [0.25, 0.3) is 0 Å². The van der Waals surface area contributed by atoms with E-state index >= 15 is 0 Å². The van der Waals surface area contributed by atoms with E-state index in [2.05, 4.69) is 0 Å². The fourth-order valence-corrected chi connectivity index (χ4v) is 3.30. The smallest absolute Gasteiger partial charge is 0.480 e. The number of carbonyl (C=O) groups excluding carboxylic acids is 3. The zero-order valence-corrected chi connectivity index (χ0v) is 23.5. The molecular formula is C27H41NO11. The molecule has 0 bridgehead atoms. The van der Waals surface area contributed by atoms with Crippen LogP contribution < -0.4 is 15.2 Å². The van der Waals surface area contributed by atoms with Gasteiger partial charge in [0.25, 0.3) is 0 Å². The zero-order valence-electron chi connectivity index (χ0n) is 23.5. The van der Waals surface area contributed by atoms with Gasteiger partial charge in [0.05, 0.1) is 26.4 Å². The summed E-state index contributed by atoms with van der Waals surface area (Å²) in [5.41, 5.74) is 6.33. The molecule has 0 spiro atoms. The van der Waals surface area contributed by atoms with Crippen molar-refractivity contribution in [3.05, 3.63) is 23.8 Å². The fourth-order valence-electron chi connectivity index (χ4n) is 3.30. The topological polar surface area (TPSA) is 170 Å². The Bertz CT molecular complexity index is 952. The number of hydrogen-bond acceptors (Lipinski definition) is 11. The normalized spacial score (nSPS) is 14.6. The van der Waals surface area contributed by atoms with Crippen molar-refractivity contribution in [1.29, 1.82) is 0 Å². The number of hydrogen-bond donors (Lipinski definition) is 2. The summed E-state index contributed by atoms with van der Waals surface area (Å²) in [4.78, 5) is 48.2. The van der Waals surface area contributed by atoms with Crippen molar-refractivity contribution in [1.82, 2.24) is 0 Å². The SMILES string of the molecule is CCOC(=O)OCC(C)C(c1ccc(OC(=O)OCC(C)CC)c(OC(=O)OCC(C)CC)c1)[C@H](N)C(=O)O. The van der Waals surface area contributed by atoms with Crippen molar-refractivity contribution >= 4 is 24.4 Å². The molecule has 0 saturated heterocycles. The van der Waals surface area contributed by atoms with Gasteiger partial charge in [0.1, 0.15) is 6.04 Å². The highest BCUT2D eigenvalue weighted by atomic mass is 16.7. The quantitative estimate of drug-likeness (QED) is 0.167. The van der Waals surface area contributed by atoms with Gasteiger partial charge < -0.3 is 39.3 Å². The standard InChI is InChI=1S/C27H41NO11/c1-7-16(4)13-35-26(32)38-20-11-10-19(12-21(20)39-27(33)36-14-17(5)8-2)22(23(28)24(29)30)18(6)15-37-25(31)34-9-3/h10-12,16-18,22-23H,7-9,13-15,28H2,1-6H3,(H,29,30)/t16?,17?,18?,22?,23-/m0/s1. The van der Waals surface area contributed by atoms with E-state index < -0.39 is 42.3 Å². The van der Waals surface area contributed by atoms with Crippen LogP contribution >= 0.6 is 0 Å². The van der Waals surface area contributed by atoms with Crippen LogP contribution in [0.2, 0.25) is 0 Å². The van der Waals surface area contributed by atoms with Gasteiger partial charge in [-0.05, 0) is 42.4 Å². The molecule has 3 N–H and O–H groups in total. The molecule has 1 aromatic carbocycles. The van der Waals surface area contributed by atoms with Crippen LogP contribution in [0.5, 0.6) is 11.5 Å². The molecule has 0 aliphatic rings. The van der Waals surface area contributed by atoms with E-state index in [0.29, 0.717) is 5.56 Å². The first kappa shape index (κ1) is 33.5. The Morgan fingerprint density at radius 1 is 0.769 bits per heavy atom. The monoisotopic (exact) mass is 555 g/mol. The summed E-state index contributed by atoms with van der Waals surface area (Å²) in [7, 11) is 0. The predicted molar refractivity (Wildman–Crippen MR) is 140 cm³/mol. The second-order valence-corrected chi connectivity index (χ2v) is 9.42. The Morgan fingerprint density at radius 3 is 1.77 bits per heavy atom. The summed E-state index contributed by atoms with van der Waals surface area (Å²) in [5, 5.41) is 9.63. The van der Waals surface area contributed by atoms with Crippen LogP contribution in [0.1, 0.15) is 65.9 Å². The first-order valence-corrected chi connectivity index (χ1v) is 13.0. The number of ether oxygens (including phenoxy) is 6. The van der Waals surface area contributed by atoms with Crippen LogP contribution in [0.3, 0.4) is 0 Å². The number of carbonyl (C=O) groups is 4. The van der Waals surface area contributed by atoms with Crippen molar-refractivity contribution in [3.8, 4) is 11.5 Å². The van der Waals surface area contributed by atoms with E-state index in [9.17, 15) is 24.3 Å². The van der Waals surface area contributed by atoms with E-state index in [0.717, 1.165) is 12.8 Å². The van der Waals surface area contributed by atoms with Gasteiger partial charge in [-0.25, -0.2) is 14.4 Å². The third kappa shape index (κ3) is 11.8. The molecule has 0 aromatic heterocycles. The molecule has 5 atom stereocenters. The molecule has 12 heteroatoms. The van der Waals surface area contributed by atoms with E-state index in [4.69, 9.17) is 34.2 Å². The summed E-state index contributed by atoms with van der Waals surface area (Å²) in [5.74, 6) is -2.95. The molecule has 0 aliphatic carbocycles. The highest BCUT2D eigenvalue weighted by Gasteiger charge is 2.33. The first-order valence-electron chi connectivity index (χ1n) is 13.0. The maximum Gasteiger partial charge on any atom is 0.513 e. The lowest BCUT2D eigenvalue weighted by Gasteiger charge is -2.27. The van der Waals surface area contributed by atoms with Gasteiger partial charge in [0.15, 0.2) is 11.5 Å². The molecule has 0 amide bonds. The molecule has 0 fully saturated rings. The molecule has 0 saturated carbocycles. The molecule has 39 heavy (non-hydrogen) atoms. The van der Waals surface area contributed by atoms with Crippen LogP contribution in [0.15, 0.2) is 18.2 Å². The van der Waals surface area contributed by atoms with Gasteiger partial charge in [0, 0.05) is 5.92 Å². The van der Waals surface area contributed by atoms with Crippen molar-refractivity contribution in [3.63, 3.8) is 0 Å². The van der Waals surface area contributed by atoms with Crippen molar-refractivity contribution in [2.24, 2.45) is 23.5 Å². The highest BCUT2D eigenvalue weighted by Crippen LogP contribution is 2.36. The highest BCUT2D eigenvalue weighted by molar-refractivity contribution is 5.75. The van der Waals surface area contributed by atoms with E-state index in [1.807, 2.05) is 27.7 Å². The van der Waals surface area contributed by atoms with Crippen LogP contribution in [0.4, 0.5) is 14.4 Å². The minimum absolute atomic E-state index is 0.0910. The van der Waals surface area contributed by atoms with Gasteiger partial charge in [0.2, 0.25) is 0 Å². The molecule has 4 unspecified atom stereocenters. The minimum atomic E-state index is -1.41. The molecule has 1 rings (SSSR count). The largest absolute Gasteiger partial charge is 0.513 e. The number of benzene rings is 1. The minimum Gasteiger partial charge on any atom is -0.480 e. The van der Waals surface area contributed by atoms with E-state index in [-0.39, 0.29) is 49.8 Å². The van der Waals surface area contributed by atoms with Gasteiger partial charge in [-0.3, -0.25) is 4.79 Å². The molecule has 0 aliphatic heterocycles. The molecule has 220 valence electrons. The Kier molecular flexibility index (Phi) is 14.7. The summed E-state index contributed by atoms with van der Waals surface area (Å²) >= 11 is 0. The molecular weight excluding hydrogens is 514 g/mol. The Morgan fingerprint density at radius 2 is 1.28 bits per heavy atom. The second kappa shape index (κ2) is 17.1. The Hall–Kier alpha value is -3.54.